The van der Waals surface area contributed by atoms with Gasteiger partial charge in [0.2, 0.25) is 0 Å². The first kappa shape index (κ1) is 15.4. The van der Waals surface area contributed by atoms with Gasteiger partial charge < -0.3 is 10.6 Å². The number of aryl methyl sites for hydroxylation is 1. The maximum absolute atomic E-state index is 6.23. The number of likely N-dealkylation sites (N-methyl/N-ethyl adjacent to an activating group) is 1. The summed E-state index contributed by atoms with van der Waals surface area (Å²) in [5.41, 5.74) is 9.50. The molecule has 0 radical (unpaired) electrons. The first-order valence-corrected chi connectivity index (χ1v) is 7.97. The Morgan fingerprint density at radius 1 is 1.05 bits per heavy atom. The maximum Gasteiger partial charge on any atom is 0.0524 e. The van der Waals surface area contributed by atoms with Crippen LogP contribution >= 0.6 is 0 Å². The molecule has 1 fully saturated rings. The summed E-state index contributed by atoms with van der Waals surface area (Å²) in [6, 6.07) is 8.90. The van der Waals surface area contributed by atoms with Crippen molar-refractivity contribution >= 4 is 5.69 Å². The topological polar surface area (TPSA) is 29.3 Å². The zero-order valence-corrected chi connectivity index (χ0v) is 13.6. The first-order chi connectivity index (χ1) is 9.42. The Hall–Kier alpha value is -1.02. The molecule has 0 aliphatic heterocycles. The molecule has 0 aromatic heterocycles. The molecule has 0 atom stereocenters. The predicted octanol–water partition coefficient (Wildman–Crippen LogP) is 4.12. The Bertz CT molecular complexity index is 423. The fraction of sp³-hybridized carbons (Fsp3) is 0.667. The van der Waals surface area contributed by atoms with Crippen LogP contribution in [-0.4, -0.2) is 18.6 Å². The van der Waals surface area contributed by atoms with Gasteiger partial charge >= 0.3 is 0 Å². The summed E-state index contributed by atoms with van der Waals surface area (Å²) in [5.74, 6) is 0. The van der Waals surface area contributed by atoms with E-state index < -0.39 is 0 Å². The fourth-order valence-corrected chi connectivity index (χ4v) is 3.49. The second-order valence-electron chi connectivity index (χ2n) is 7.17. The molecule has 20 heavy (non-hydrogen) atoms. The molecule has 0 bridgehead atoms. The van der Waals surface area contributed by atoms with E-state index in [9.17, 15) is 0 Å². The Labute approximate surface area is 124 Å². The van der Waals surface area contributed by atoms with Crippen LogP contribution in [0.15, 0.2) is 24.3 Å². The summed E-state index contributed by atoms with van der Waals surface area (Å²) >= 11 is 0. The summed E-state index contributed by atoms with van der Waals surface area (Å²) in [5, 5.41) is 0. The number of hydrogen-bond donors (Lipinski definition) is 1. The Balaban J connectivity index is 2.26. The second-order valence-corrected chi connectivity index (χ2v) is 7.17. The zero-order chi connectivity index (χ0) is 14.8. The van der Waals surface area contributed by atoms with Crippen LogP contribution in [0.25, 0.3) is 0 Å². The summed E-state index contributed by atoms with van der Waals surface area (Å²) in [6.45, 7) is 10.9. The highest BCUT2D eigenvalue weighted by Crippen LogP contribution is 2.43. The van der Waals surface area contributed by atoms with E-state index in [1.807, 2.05) is 0 Å². The lowest BCUT2D eigenvalue weighted by Gasteiger charge is -2.50. The molecular formula is C18H30N2. The van der Waals surface area contributed by atoms with Gasteiger partial charge in [0.1, 0.15) is 0 Å². The lowest BCUT2D eigenvalue weighted by atomic mass is 9.68. The number of hydrogen-bond acceptors (Lipinski definition) is 2. The van der Waals surface area contributed by atoms with E-state index in [0.29, 0.717) is 5.41 Å². The van der Waals surface area contributed by atoms with Gasteiger partial charge in [-0.15, -0.1) is 0 Å². The SMILES string of the molecule is CCN(c1ccc(C)cc1)C1(CN)CCC(C)(C)CC1. The van der Waals surface area contributed by atoms with Crippen molar-refractivity contribution in [1.29, 1.82) is 0 Å². The summed E-state index contributed by atoms with van der Waals surface area (Å²) < 4.78 is 0. The molecule has 0 spiro atoms. The van der Waals surface area contributed by atoms with Crippen LogP contribution in [0.2, 0.25) is 0 Å². The first-order valence-electron chi connectivity index (χ1n) is 7.97. The van der Waals surface area contributed by atoms with E-state index in [4.69, 9.17) is 5.73 Å². The largest absolute Gasteiger partial charge is 0.365 e. The number of anilines is 1. The Kier molecular flexibility index (Phi) is 4.43. The van der Waals surface area contributed by atoms with Crippen LogP contribution in [0.5, 0.6) is 0 Å². The van der Waals surface area contributed by atoms with E-state index in [2.05, 4.69) is 56.9 Å². The molecule has 1 aromatic carbocycles. The van der Waals surface area contributed by atoms with E-state index in [1.54, 1.807) is 0 Å². The van der Waals surface area contributed by atoms with Gasteiger partial charge in [-0.05, 0) is 57.1 Å². The van der Waals surface area contributed by atoms with Gasteiger partial charge in [-0.2, -0.15) is 0 Å². The van der Waals surface area contributed by atoms with Crippen molar-refractivity contribution in [2.75, 3.05) is 18.0 Å². The average molecular weight is 274 g/mol. The van der Waals surface area contributed by atoms with Crippen molar-refractivity contribution in [2.24, 2.45) is 11.1 Å². The monoisotopic (exact) mass is 274 g/mol. The van der Waals surface area contributed by atoms with Gasteiger partial charge in [-0.1, -0.05) is 31.5 Å². The normalized spacial score (nSPS) is 20.6. The molecule has 1 aromatic rings. The predicted molar refractivity (Wildman–Crippen MR) is 88.2 cm³/mol. The molecule has 0 amide bonds. The molecule has 1 saturated carbocycles. The molecular weight excluding hydrogens is 244 g/mol. The van der Waals surface area contributed by atoms with Crippen LogP contribution in [-0.2, 0) is 0 Å². The highest BCUT2D eigenvalue weighted by Gasteiger charge is 2.41. The molecule has 1 aliphatic rings. The van der Waals surface area contributed by atoms with Crippen LogP contribution in [0.4, 0.5) is 5.69 Å². The number of benzene rings is 1. The molecule has 1 aliphatic carbocycles. The van der Waals surface area contributed by atoms with Gasteiger partial charge in [-0.3, -0.25) is 0 Å². The van der Waals surface area contributed by atoms with E-state index in [-0.39, 0.29) is 5.54 Å². The minimum Gasteiger partial charge on any atom is -0.365 e. The van der Waals surface area contributed by atoms with Crippen LogP contribution in [0.3, 0.4) is 0 Å². The van der Waals surface area contributed by atoms with Crippen LogP contribution in [0, 0.1) is 12.3 Å². The number of nitrogens with zero attached hydrogens (tertiary/aromatic N) is 1. The Morgan fingerprint density at radius 2 is 1.60 bits per heavy atom. The van der Waals surface area contributed by atoms with Gasteiger partial charge in [0.15, 0.2) is 0 Å². The maximum atomic E-state index is 6.23. The van der Waals surface area contributed by atoms with Crippen molar-refractivity contribution in [2.45, 2.75) is 58.9 Å². The molecule has 0 saturated heterocycles. The average Bonchev–Trinajstić information content (AvgIpc) is 2.44. The molecule has 2 N–H and O–H groups in total. The Morgan fingerprint density at radius 3 is 2.05 bits per heavy atom. The number of rotatable bonds is 4. The second kappa shape index (κ2) is 5.77. The van der Waals surface area contributed by atoms with Crippen molar-refractivity contribution < 1.29 is 0 Å². The van der Waals surface area contributed by atoms with Gasteiger partial charge in [0, 0.05) is 18.8 Å². The van der Waals surface area contributed by atoms with E-state index >= 15 is 0 Å². The van der Waals surface area contributed by atoms with Gasteiger partial charge in [0.25, 0.3) is 0 Å². The molecule has 2 rings (SSSR count). The van der Waals surface area contributed by atoms with Crippen molar-refractivity contribution in [3.05, 3.63) is 29.8 Å². The lowest BCUT2D eigenvalue weighted by molar-refractivity contribution is 0.162. The number of nitrogens with two attached hydrogens (primary N) is 1. The van der Waals surface area contributed by atoms with Crippen molar-refractivity contribution in [1.82, 2.24) is 0 Å². The summed E-state index contributed by atoms with van der Waals surface area (Å²) in [4.78, 5) is 2.54. The summed E-state index contributed by atoms with van der Waals surface area (Å²) in [7, 11) is 0. The molecule has 2 nitrogen and oxygen atoms in total. The van der Waals surface area contributed by atoms with Crippen LogP contribution < -0.4 is 10.6 Å². The third kappa shape index (κ3) is 3.01. The quantitative estimate of drug-likeness (QED) is 0.895. The van der Waals surface area contributed by atoms with Crippen LogP contribution in [0.1, 0.15) is 52.0 Å². The highest BCUT2D eigenvalue weighted by atomic mass is 15.2. The summed E-state index contributed by atoms with van der Waals surface area (Å²) in [6.07, 6.45) is 4.95. The highest BCUT2D eigenvalue weighted by molar-refractivity contribution is 5.50. The molecule has 112 valence electrons. The van der Waals surface area contributed by atoms with Crippen molar-refractivity contribution in [3.63, 3.8) is 0 Å². The minimum absolute atomic E-state index is 0.152. The molecule has 0 heterocycles. The van der Waals surface area contributed by atoms with E-state index in [0.717, 1.165) is 13.1 Å². The fourth-order valence-electron chi connectivity index (χ4n) is 3.49. The van der Waals surface area contributed by atoms with Gasteiger partial charge in [-0.25, -0.2) is 0 Å². The lowest BCUT2D eigenvalue weighted by Crippen LogP contribution is -2.57. The third-order valence-corrected chi connectivity index (χ3v) is 5.15. The standard InChI is InChI=1S/C18H30N2/c1-5-20(16-8-6-15(2)7-9-16)18(14-19)12-10-17(3,4)11-13-18/h6-9H,5,10-14,19H2,1-4H3. The van der Waals surface area contributed by atoms with Crippen molar-refractivity contribution in [3.8, 4) is 0 Å². The zero-order valence-electron chi connectivity index (χ0n) is 13.6. The molecule has 0 unspecified atom stereocenters. The van der Waals surface area contributed by atoms with E-state index in [1.165, 1.54) is 36.9 Å². The minimum atomic E-state index is 0.152. The third-order valence-electron chi connectivity index (χ3n) is 5.15. The molecule has 2 heteroatoms. The smallest absolute Gasteiger partial charge is 0.0524 e. The van der Waals surface area contributed by atoms with Gasteiger partial charge in [0.05, 0.1) is 5.54 Å².